The smallest absolute Gasteiger partial charge is 0.393 e. The van der Waals surface area contributed by atoms with Gasteiger partial charge in [0.25, 0.3) is 0 Å². The Morgan fingerprint density at radius 1 is 1.21 bits per heavy atom. The van der Waals surface area contributed by atoms with Crippen LogP contribution in [0.15, 0.2) is 18.2 Å². The van der Waals surface area contributed by atoms with E-state index in [1.54, 1.807) is 12.1 Å². The molecule has 0 aliphatic heterocycles. The number of hydrogen-bond donors (Lipinski definition) is 2. The molecule has 4 rings (SSSR count). The summed E-state index contributed by atoms with van der Waals surface area (Å²) in [5.41, 5.74) is 2.48. The molecule has 6 heteroatoms. The summed E-state index contributed by atoms with van der Waals surface area (Å²) in [6.45, 7) is 2.25. The van der Waals surface area contributed by atoms with Gasteiger partial charge in [0.15, 0.2) is 0 Å². The Morgan fingerprint density at radius 2 is 2.00 bits per heavy atom. The third-order valence-corrected chi connectivity index (χ3v) is 7.25. The summed E-state index contributed by atoms with van der Waals surface area (Å²) >= 11 is 0. The summed E-state index contributed by atoms with van der Waals surface area (Å²) in [6, 6.07) is 5.34. The fourth-order valence-electron chi connectivity index (χ4n) is 5.70. The van der Waals surface area contributed by atoms with Crippen molar-refractivity contribution in [2.45, 2.75) is 57.5 Å². The molecule has 2 saturated carbocycles. The van der Waals surface area contributed by atoms with Crippen LogP contribution in [0.3, 0.4) is 0 Å². The number of fused-ring (bicyclic) bond motifs is 5. The molecular weight excluding hydrogens is 328 g/mol. The van der Waals surface area contributed by atoms with E-state index in [1.165, 1.54) is 5.56 Å². The molecule has 5 atom stereocenters. The highest BCUT2D eigenvalue weighted by atomic mass is 32.3. The van der Waals surface area contributed by atoms with Crippen LogP contribution in [-0.2, 0) is 16.8 Å². The monoisotopic (exact) mass is 352 g/mol. The molecule has 5 nitrogen and oxygen atoms in total. The molecule has 1 aromatic carbocycles. The quantitative estimate of drug-likeness (QED) is 0.799. The maximum absolute atomic E-state index is 10.9. The summed E-state index contributed by atoms with van der Waals surface area (Å²) in [5, 5.41) is 10.4. The molecule has 2 N–H and O–H groups in total. The molecule has 2 fully saturated rings. The zero-order valence-corrected chi connectivity index (χ0v) is 14.6. The minimum atomic E-state index is -4.48. The normalized spacial score (nSPS) is 38.1. The lowest BCUT2D eigenvalue weighted by atomic mass is 9.55. The molecule has 1 aromatic rings. The van der Waals surface area contributed by atoms with Gasteiger partial charge in [0.1, 0.15) is 5.75 Å². The number of benzene rings is 1. The van der Waals surface area contributed by atoms with Crippen molar-refractivity contribution in [1.29, 1.82) is 0 Å². The van der Waals surface area contributed by atoms with Crippen LogP contribution in [0.25, 0.3) is 0 Å². The van der Waals surface area contributed by atoms with Crippen molar-refractivity contribution < 1.29 is 22.3 Å². The fraction of sp³-hybridized carbons (Fsp3) is 0.667. The molecule has 4 unspecified atom stereocenters. The molecule has 0 spiro atoms. The minimum absolute atomic E-state index is 0.0622. The minimum Gasteiger partial charge on any atom is -0.393 e. The molecule has 3 aliphatic carbocycles. The Bertz CT molecular complexity index is 759. The van der Waals surface area contributed by atoms with Gasteiger partial charge in [0.2, 0.25) is 0 Å². The standard InChI is InChI=1S/C18H24O5S/c1-18-9-8-14-13-5-3-12(23-24(20,21)22)10-11(13)2-4-15(14)16(18)6-7-17(18)19/h3,5,10,14-17,19H,2,4,6-9H2,1H3,(H,20,21,22)/t14?,15?,16?,17?,18-/m1/s1. The molecule has 0 amide bonds. The third kappa shape index (κ3) is 2.55. The van der Waals surface area contributed by atoms with Gasteiger partial charge in [-0.15, -0.1) is 0 Å². The number of aliphatic hydroxyl groups is 1. The highest BCUT2D eigenvalue weighted by Gasteiger charge is 2.54. The first-order valence-corrected chi connectivity index (χ1v) is 10.1. The Hall–Kier alpha value is -1.11. The van der Waals surface area contributed by atoms with Crippen LogP contribution in [0.4, 0.5) is 0 Å². The van der Waals surface area contributed by atoms with Crippen LogP contribution in [0, 0.1) is 17.3 Å². The second-order valence-corrected chi connectivity index (χ2v) is 8.95. The molecule has 0 radical (unpaired) electrons. The SMILES string of the molecule is C[C@@]12CCC3c4ccc(OS(=O)(=O)O)cc4CCC3C1CCC2O. The maximum atomic E-state index is 10.9. The van der Waals surface area contributed by atoms with Crippen LogP contribution in [0.5, 0.6) is 5.75 Å². The zero-order valence-electron chi connectivity index (χ0n) is 13.8. The van der Waals surface area contributed by atoms with Gasteiger partial charge in [-0.05, 0) is 85.0 Å². The Labute approximate surface area is 143 Å². The summed E-state index contributed by atoms with van der Waals surface area (Å²) in [7, 11) is -4.48. The highest BCUT2D eigenvalue weighted by Crippen LogP contribution is 2.60. The second kappa shape index (κ2) is 5.44. The average Bonchev–Trinajstić information content (AvgIpc) is 2.81. The third-order valence-electron chi connectivity index (χ3n) is 6.85. The highest BCUT2D eigenvalue weighted by molar-refractivity contribution is 7.81. The number of hydrogen-bond acceptors (Lipinski definition) is 4. The zero-order chi connectivity index (χ0) is 17.1. The molecule has 3 aliphatic rings. The first-order chi connectivity index (χ1) is 11.3. The Kier molecular flexibility index (Phi) is 3.71. The van der Waals surface area contributed by atoms with E-state index in [9.17, 15) is 13.5 Å². The van der Waals surface area contributed by atoms with E-state index >= 15 is 0 Å². The number of rotatable bonds is 2. The number of aliphatic hydroxyl groups excluding tert-OH is 1. The molecule has 0 heterocycles. The van der Waals surface area contributed by atoms with Gasteiger partial charge in [-0.3, -0.25) is 4.55 Å². The van der Waals surface area contributed by atoms with Crippen LogP contribution in [0.2, 0.25) is 0 Å². The average molecular weight is 352 g/mol. The van der Waals surface area contributed by atoms with E-state index in [0.29, 0.717) is 17.8 Å². The van der Waals surface area contributed by atoms with E-state index in [4.69, 9.17) is 4.55 Å². The van der Waals surface area contributed by atoms with Crippen molar-refractivity contribution in [2.24, 2.45) is 17.3 Å². The lowest BCUT2D eigenvalue weighted by Gasteiger charge is -2.50. The van der Waals surface area contributed by atoms with Gasteiger partial charge >= 0.3 is 10.4 Å². The van der Waals surface area contributed by atoms with Gasteiger partial charge < -0.3 is 9.29 Å². The van der Waals surface area contributed by atoms with Crippen molar-refractivity contribution in [2.75, 3.05) is 0 Å². The molecule has 0 saturated heterocycles. The van der Waals surface area contributed by atoms with Crippen molar-refractivity contribution in [1.82, 2.24) is 0 Å². The van der Waals surface area contributed by atoms with Crippen LogP contribution in [0.1, 0.15) is 56.1 Å². The fourth-order valence-corrected chi connectivity index (χ4v) is 6.05. The van der Waals surface area contributed by atoms with E-state index in [1.807, 2.05) is 6.07 Å². The summed E-state index contributed by atoms with van der Waals surface area (Å²) in [5.74, 6) is 1.83. The van der Waals surface area contributed by atoms with E-state index in [2.05, 4.69) is 11.1 Å². The molecule has 132 valence electrons. The van der Waals surface area contributed by atoms with Crippen LogP contribution < -0.4 is 4.18 Å². The van der Waals surface area contributed by atoms with Crippen molar-refractivity contribution in [3.8, 4) is 5.75 Å². The predicted octanol–water partition coefficient (Wildman–Crippen LogP) is 3.09. The lowest BCUT2D eigenvalue weighted by Crippen LogP contribution is -2.43. The molecular formula is C18H24O5S. The second-order valence-electron chi connectivity index (χ2n) is 7.92. The van der Waals surface area contributed by atoms with Crippen LogP contribution >= 0.6 is 0 Å². The lowest BCUT2D eigenvalue weighted by molar-refractivity contribution is -0.0226. The molecule has 24 heavy (non-hydrogen) atoms. The van der Waals surface area contributed by atoms with Crippen molar-refractivity contribution in [3.05, 3.63) is 29.3 Å². The summed E-state index contributed by atoms with van der Waals surface area (Å²) < 4.78 is 35.2. The van der Waals surface area contributed by atoms with Gasteiger partial charge in [0, 0.05) is 0 Å². The van der Waals surface area contributed by atoms with E-state index in [0.717, 1.165) is 44.1 Å². The first kappa shape index (κ1) is 16.4. The Balaban J connectivity index is 1.63. The van der Waals surface area contributed by atoms with E-state index < -0.39 is 10.4 Å². The van der Waals surface area contributed by atoms with E-state index in [-0.39, 0.29) is 17.3 Å². The number of aryl methyl sites for hydroxylation is 1. The summed E-state index contributed by atoms with van der Waals surface area (Å²) in [6.07, 6.45) is 5.93. The van der Waals surface area contributed by atoms with Gasteiger partial charge in [-0.1, -0.05) is 13.0 Å². The Morgan fingerprint density at radius 3 is 2.75 bits per heavy atom. The van der Waals surface area contributed by atoms with Gasteiger partial charge in [-0.25, -0.2) is 0 Å². The van der Waals surface area contributed by atoms with Gasteiger partial charge in [0.05, 0.1) is 6.10 Å². The van der Waals surface area contributed by atoms with Crippen molar-refractivity contribution in [3.63, 3.8) is 0 Å². The van der Waals surface area contributed by atoms with Crippen LogP contribution in [-0.4, -0.2) is 24.2 Å². The summed E-state index contributed by atoms with van der Waals surface area (Å²) in [4.78, 5) is 0. The molecule has 0 bridgehead atoms. The first-order valence-electron chi connectivity index (χ1n) is 8.76. The van der Waals surface area contributed by atoms with Crippen molar-refractivity contribution >= 4 is 10.4 Å². The molecule has 0 aromatic heterocycles. The van der Waals surface area contributed by atoms with Gasteiger partial charge in [-0.2, -0.15) is 8.42 Å². The topological polar surface area (TPSA) is 83.8 Å². The predicted molar refractivity (Wildman–Crippen MR) is 89.2 cm³/mol. The largest absolute Gasteiger partial charge is 0.446 e. The maximum Gasteiger partial charge on any atom is 0.446 e.